The summed E-state index contributed by atoms with van der Waals surface area (Å²) >= 11 is 1.11. The zero-order chi connectivity index (χ0) is 13.2. The molecule has 0 aliphatic rings. The van der Waals surface area contributed by atoms with E-state index in [-0.39, 0.29) is 11.2 Å². The summed E-state index contributed by atoms with van der Waals surface area (Å²) in [6.07, 6.45) is -5.03. The second-order valence-electron chi connectivity index (χ2n) is 4.07. The molecule has 0 aromatic carbocycles. The van der Waals surface area contributed by atoms with Crippen LogP contribution in [0.15, 0.2) is 5.38 Å². The average Bonchev–Trinajstić information content (AvgIpc) is 2.60. The van der Waals surface area contributed by atoms with Crippen molar-refractivity contribution >= 4 is 16.5 Å². The topological polar surface area (TPSA) is 36.4 Å². The lowest BCUT2D eigenvalue weighted by molar-refractivity contribution is -0.120. The smallest absolute Gasteiger partial charge is 0.387 e. The SMILES string of the molecule is CC(O)c1csc(N(CC(F)(F)F)C(C)C)n1. The number of aliphatic hydroxyl groups excluding tert-OH is 1. The predicted molar refractivity (Wildman–Crippen MR) is 61.3 cm³/mol. The van der Waals surface area contributed by atoms with E-state index in [4.69, 9.17) is 0 Å². The van der Waals surface area contributed by atoms with Crippen LogP contribution in [-0.2, 0) is 0 Å². The number of halogens is 3. The first kappa shape index (κ1) is 14.2. The van der Waals surface area contributed by atoms with Crippen LogP contribution in [0.3, 0.4) is 0 Å². The van der Waals surface area contributed by atoms with Gasteiger partial charge >= 0.3 is 6.18 Å². The molecule has 1 unspecified atom stereocenters. The summed E-state index contributed by atoms with van der Waals surface area (Å²) in [7, 11) is 0. The Kier molecular flexibility index (Phi) is 4.37. The van der Waals surface area contributed by atoms with Crippen LogP contribution in [0, 0.1) is 0 Å². The van der Waals surface area contributed by atoms with Gasteiger partial charge in [0.15, 0.2) is 5.13 Å². The summed E-state index contributed by atoms with van der Waals surface area (Å²) in [5.41, 5.74) is 0.401. The highest BCUT2D eigenvalue weighted by Gasteiger charge is 2.33. The number of anilines is 1. The van der Waals surface area contributed by atoms with Crippen molar-refractivity contribution in [1.82, 2.24) is 4.98 Å². The molecule has 1 aromatic rings. The van der Waals surface area contributed by atoms with Gasteiger partial charge in [0, 0.05) is 11.4 Å². The fourth-order valence-electron chi connectivity index (χ4n) is 1.26. The molecule has 1 N–H and O–H groups in total. The van der Waals surface area contributed by atoms with Gasteiger partial charge in [0.1, 0.15) is 6.54 Å². The fourth-order valence-corrected chi connectivity index (χ4v) is 2.31. The highest BCUT2D eigenvalue weighted by Crippen LogP contribution is 2.28. The average molecular weight is 268 g/mol. The zero-order valence-electron chi connectivity index (χ0n) is 9.82. The second kappa shape index (κ2) is 5.22. The first-order valence-corrected chi connectivity index (χ1v) is 6.05. The van der Waals surface area contributed by atoms with Gasteiger partial charge in [0.05, 0.1) is 11.8 Å². The minimum atomic E-state index is -4.26. The van der Waals surface area contributed by atoms with E-state index in [9.17, 15) is 18.3 Å². The van der Waals surface area contributed by atoms with Crippen molar-refractivity contribution in [1.29, 1.82) is 0 Å². The third-order valence-electron chi connectivity index (χ3n) is 2.16. The van der Waals surface area contributed by atoms with Crippen molar-refractivity contribution in [3.8, 4) is 0 Å². The molecule has 1 heterocycles. The predicted octanol–water partition coefficient (Wildman–Crippen LogP) is 2.97. The maximum atomic E-state index is 12.4. The van der Waals surface area contributed by atoms with Crippen LogP contribution in [0.2, 0.25) is 0 Å². The number of aromatic nitrogens is 1. The van der Waals surface area contributed by atoms with Crippen LogP contribution in [0.4, 0.5) is 18.3 Å². The molecule has 1 atom stereocenters. The molecule has 1 rings (SSSR count). The van der Waals surface area contributed by atoms with E-state index in [2.05, 4.69) is 4.98 Å². The quantitative estimate of drug-likeness (QED) is 0.912. The lowest BCUT2D eigenvalue weighted by Crippen LogP contribution is -2.39. The molecule has 98 valence electrons. The molecule has 0 amide bonds. The maximum Gasteiger partial charge on any atom is 0.406 e. The Labute approximate surface area is 102 Å². The summed E-state index contributed by atoms with van der Waals surface area (Å²) in [6.45, 7) is 3.85. The highest BCUT2D eigenvalue weighted by molar-refractivity contribution is 7.13. The fraction of sp³-hybridized carbons (Fsp3) is 0.700. The molecule has 0 saturated heterocycles. The number of nitrogens with zero attached hydrogens (tertiary/aromatic N) is 2. The van der Waals surface area contributed by atoms with Crippen LogP contribution < -0.4 is 4.90 Å². The minimum Gasteiger partial charge on any atom is -0.387 e. The summed E-state index contributed by atoms with van der Waals surface area (Å²) in [4.78, 5) is 5.19. The number of thiazole rings is 1. The Balaban J connectivity index is 2.90. The summed E-state index contributed by atoms with van der Waals surface area (Å²) in [5.74, 6) is 0. The standard InChI is InChI=1S/C10H15F3N2OS/c1-6(2)15(5-10(11,12)13)9-14-8(4-17-9)7(3)16/h4,6-7,16H,5H2,1-3H3. The van der Waals surface area contributed by atoms with E-state index in [1.54, 1.807) is 19.2 Å². The van der Waals surface area contributed by atoms with Gasteiger partial charge in [-0.3, -0.25) is 0 Å². The van der Waals surface area contributed by atoms with E-state index in [1.165, 1.54) is 11.8 Å². The molecule has 17 heavy (non-hydrogen) atoms. The lowest BCUT2D eigenvalue weighted by Gasteiger charge is -2.27. The minimum absolute atomic E-state index is 0.285. The van der Waals surface area contributed by atoms with Crippen LogP contribution in [0.5, 0.6) is 0 Å². The van der Waals surface area contributed by atoms with E-state index in [0.29, 0.717) is 5.69 Å². The van der Waals surface area contributed by atoms with E-state index < -0.39 is 18.8 Å². The monoisotopic (exact) mass is 268 g/mol. The van der Waals surface area contributed by atoms with Gasteiger partial charge in [-0.1, -0.05) is 0 Å². The number of rotatable bonds is 4. The van der Waals surface area contributed by atoms with Gasteiger partial charge in [-0.25, -0.2) is 4.98 Å². The van der Waals surface area contributed by atoms with Crippen molar-refractivity contribution in [2.24, 2.45) is 0 Å². The number of alkyl halides is 3. The molecule has 1 aromatic heterocycles. The van der Waals surface area contributed by atoms with Crippen molar-refractivity contribution in [3.05, 3.63) is 11.1 Å². The van der Waals surface area contributed by atoms with Gasteiger partial charge < -0.3 is 10.0 Å². The lowest BCUT2D eigenvalue weighted by atomic mass is 10.3. The number of hydrogen-bond acceptors (Lipinski definition) is 4. The molecular formula is C10H15F3N2OS. The Morgan fingerprint density at radius 3 is 2.35 bits per heavy atom. The molecule has 0 radical (unpaired) electrons. The van der Waals surface area contributed by atoms with Crippen molar-refractivity contribution in [2.75, 3.05) is 11.4 Å². The Morgan fingerprint density at radius 2 is 2.00 bits per heavy atom. The van der Waals surface area contributed by atoms with Crippen LogP contribution in [0.1, 0.15) is 32.6 Å². The second-order valence-corrected chi connectivity index (χ2v) is 4.90. The first-order chi connectivity index (χ1) is 7.70. The Morgan fingerprint density at radius 1 is 1.41 bits per heavy atom. The molecule has 0 aliphatic heterocycles. The normalized spacial score (nSPS) is 14.1. The molecule has 0 bridgehead atoms. The summed E-state index contributed by atoms with van der Waals surface area (Å²) in [6, 6.07) is -0.301. The Bertz CT molecular complexity index is 363. The molecule has 3 nitrogen and oxygen atoms in total. The summed E-state index contributed by atoms with van der Waals surface area (Å²) < 4.78 is 37.2. The van der Waals surface area contributed by atoms with Gasteiger partial charge in [-0.15, -0.1) is 11.3 Å². The molecular weight excluding hydrogens is 253 g/mol. The molecule has 0 spiro atoms. The van der Waals surface area contributed by atoms with Gasteiger partial charge in [0.2, 0.25) is 0 Å². The first-order valence-electron chi connectivity index (χ1n) is 5.17. The van der Waals surface area contributed by atoms with Crippen LogP contribution in [0.25, 0.3) is 0 Å². The summed E-state index contributed by atoms with van der Waals surface area (Å²) in [5, 5.41) is 11.2. The number of hydrogen-bond donors (Lipinski definition) is 1. The molecule has 7 heteroatoms. The van der Waals surface area contributed by atoms with Crippen molar-refractivity contribution in [2.45, 2.75) is 39.1 Å². The third-order valence-corrected chi connectivity index (χ3v) is 3.05. The third kappa shape index (κ3) is 4.16. The maximum absolute atomic E-state index is 12.4. The molecule has 0 saturated carbocycles. The zero-order valence-corrected chi connectivity index (χ0v) is 10.6. The van der Waals surface area contributed by atoms with Crippen molar-refractivity contribution in [3.63, 3.8) is 0 Å². The van der Waals surface area contributed by atoms with E-state index in [0.717, 1.165) is 11.3 Å². The van der Waals surface area contributed by atoms with Gasteiger partial charge in [0.25, 0.3) is 0 Å². The van der Waals surface area contributed by atoms with Gasteiger partial charge in [-0.2, -0.15) is 13.2 Å². The molecule has 0 fully saturated rings. The van der Waals surface area contributed by atoms with Crippen molar-refractivity contribution < 1.29 is 18.3 Å². The Hall–Kier alpha value is -0.820. The molecule has 0 aliphatic carbocycles. The van der Waals surface area contributed by atoms with Crippen LogP contribution in [-0.4, -0.2) is 28.9 Å². The largest absolute Gasteiger partial charge is 0.406 e. The highest BCUT2D eigenvalue weighted by atomic mass is 32.1. The number of aliphatic hydroxyl groups is 1. The van der Waals surface area contributed by atoms with E-state index in [1.807, 2.05) is 0 Å². The van der Waals surface area contributed by atoms with E-state index >= 15 is 0 Å². The van der Waals surface area contributed by atoms with Gasteiger partial charge in [-0.05, 0) is 20.8 Å². The van der Waals surface area contributed by atoms with Crippen LogP contribution >= 0.6 is 11.3 Å².